The summed E-state index contributed by atoms with van der Waals surface area (Å²) < 4.78 is 0. The zero-order valence-corrected chi connectivity index (χ0v) is 13.6. The van der Waals surface area contributed by atoms with Crippen molar-refractivity contribution in [2.45, 2.75) is 83.1 Å². The molecule has 0 aliphatic heterocycles. The maximum atomic E-state index is 6.44. The second-order valence-corrected chi connectivity index (χ2v) is 8.22. The van der Waals surface area contributed by atoms with E-state index in [1.165, 1.54) is 43.2 Å². The van der Waals surface area contributed by atoms with Crippen molar-refractivity contribution in [2.75, 3.05) is 0 Å². The molecule has 0 radical (unpaired) electrons. The fourth-order valence-electron chi connectivity index (χ4n) is 4.07. The Hall–Kier alpha value is -0.820. The van der Waals surface area contributed by atoms with Crippen molar-refractivity contribution < 1.29 is 0 Å². The van der Waals surface area contributed by atoms with Crippen molar-refractivity contribution in [1.82, 2.24) is 0 Å². The number of benzene rings is 1. The lowest BCUT2D eigenvalue weighted by Gasteiger charge is -2.42. The van der Waals surface area contributed by atoms with Crippen molar-refractivity contribution in [3.05, 3.63) is 34.4 Å². The number of nitrogens with two attached hydrogens (primary N) is 1. The average Bonchev–Trinajstić information content (AvgIpc) is 2.56. The SMILES string of the molecule is CC1(C)CCC(C)(C)c2cc3c(cc21)CCCCC3N. The summed E-state index contributed by atoms with van der Waals surface area (Å²) in [5, 5.41) is 0. The van der Waals surface area contributed by atoms with Crippen LogP contribution in [0.15, 0.2) is 12.1 Å². The third-order valence-corrected chi connectivity index (χ3v) is 5.72. The van der Waals surface area contributed by atoms with Crippen molar-refractivity contribution in [1.29, 1.82) is 0 Å². The van der Waals surface area contributed by atoms with E-state index in [-0.39, 0.29) is 6.04 Å². The first-order chi connectivity index (χ1) is 9.31. The number of aryl methyl sites for hydroxylation is 1. The number of hydrogen-bond acceptors (Lipinski definition) is 1. The standard InChI is InChI=1S/C19H29N/c1-18(2)9-10-19(3,4)16-12-14-13(11-15(16)18)7-5-6-8-17(14)20/h11-12,17H,5-10,20H2,1-4H3. The summed E-state index contributed by atoms with van der Waals surface area (Å²) >= 11 is 0. The van der Waals surface area contributed by atoms with Gasteiger partial charge in [-0.2, -0.15) is 0 Å². The molecular weight excluding hydrogens is 242 g/mol. The molecule has 0 spiro atoms. The summed E-state index contributed by atoms with van der Waals surface area (Å²) in [6.45, 7) is 9.61. The lowest BCUT2D eigenvalue weighted by Crippen LogP contribution is -2.34. The van der Waals surface area contributed by atoms with Gasteiger partial charge in [0, 0.05) is 6.04 Å². The monoisotopic (exact) mass is 271 g/mol. The molecule has 20 heavy (non-hydrogen) atoms. The van der Waals surface area contributed by atoms with Crippen LogP contribution in [-0.4, -0.2) is 0 Å². The third kappa shape index (κ3) is 2.20. The molecule has 3 rings (SSSR count). The van der Waals surface area contributed by atoms with Gasteiger partial charge in [0.25, 0.3) is 0 Å². The first-order valence-electron chi connectivity index (χ1n) is 8.25. The average molecular weight is 271 g/mol. The van der Waals surface area contributed by atoms with E-state index in [1.807, 2.05) is 0 Å². The molecule has 1 aromatic rings. The van der Waals surface area contributed by atoms with E-state index in [2.05, 4.69) is 39.8 Å². The maximum Gasteiger partial charge on any atom is 0.0297 e. The fraction of sp³-hybridized carbons (Fsp3) is 0.684. The Balaban J connectivity index is 2.21. The predicted molar refractivity (Wildman–Crippen MR) is 86.2 cm³/mol. The van der Waals surface area contributed by atoms with Gasteiger partial charge in [-0.25, -0.2) is 0 Å². The second-order valence-electron chi connectivity index (χ2n) is 8.22. The van der Waals surface area contributed by atoms with Crippen LogP contribution in [0.1, 0.15) is 88.1 Å². The van der Waals surface area contributed by atoms with E-state index < -0.39 is 0 Å². The molecule has 2 N–H and O–H groups in total. The highest BCUT2D eigenvalue weighted by Crippen LogP contribution is 2.47. The third-order valence-electron chi connectivity index (χ3n) is 5.72. The summed E-state index contributed by atoms with van der Waals surface area (Å²) in [6, 6.07) is 5.23. The first kappa shape index (κ1) is 14.1. The topological polar surface area (TPSA) is 26.0 Å². The molecule has 2 aliphatic rings. The minimum atomic E-state index is 0.249. The highest BCUT2D eigenvalue weighted by Gasteiger charge is 2.38. The van der Waals surface area contributed by atoms with Gasteiger partial charge < -0.3 is 5.73 Å². The van der Waals surface area contributed by atoms with E-state index in [1.54, 1.807) is 11.1 Å². The lowest BCUT2D eigenvalue weighted by molar-refractivity contribution is 0.331. The van der Waals surface area contributed by atoms with Crippen molar-refractivity contribution in [3.63, 3.8) is 0 Å². The summed E-state index contributed by atoms with van der Waals surface area (Å²) in [5.41, 5.74) is 13.2. The van der Waals surface area contributed by atoms with E-state index >= 15 is 0 Å². The van der Waals surface area contributed by atoms with Crippen molar-refractivity contribution in [2.24, 2.45) is 5.73 Å². The smallest absolute Gasteiger partial charge is 0.0297 e. The van der Waals surface area contributed by atoms with Crippen LogP contribution in [0.3, 0.4) is 0 Å². The lowest BCUT2D eigenvalue weighted by atomic mass is 9.62. The Morgan fingerprint density at radius 2 is 1.55 bits per heavy atom. The molecule has 0 saturated carbocycles. The Morgan fingerprint density at radius 3 is 2.20 bits per heavy atom. The molecule has 0 aromatic heterocycles. The molecule has 0 bridgehead atoms. The normalized spacial score (nSPS) is 27.4. The van der Waals surface area contributed by atoms with Gasteiger partial charge in [-0.3, -0.25) is 0 Å². The molecule has 0 saturated heterocycles. The molecule has 1 nitrogen and oxygen atoms in total. The molecule has 0 amide bonds. The number of hydrogen-bond donors (Lipinski definition) is 1. The molecule has 0 heterocycles. The highest BCUT2D eigenvalue weighted by atomic mass is 14.6. The van der Waals surface area contributed by atoms with E-state index in [9.17, 15) is 0 Å². The van der Waals surface area contributed by atoms with Gasteiger partial charge in [0.2, 0.25) is 0 Å². The van der Waals surface area contributed by atoms with E-state index in [0.29, 0.717) is 10.8 Å². The summed E-state index contributed by atoms with van der Waals surface area (Å²) in [5.74, 6) is 0. The van der Waals surface area contributed by atoms with Crippen LogP contribution in [0.5, 0.6) is 0 Å². The van der Waals surface area contributed by atoms with Crippen LogP contribution >= 0.6 is 0 Å². The van der Waals surface area contributed by atoms with Gasteiger partial charge >= 0.3 is 0 Å². The van der Waals surface area contributed by atoms with Gasteiger partial charge in [0.15, 0.2) is 0 Å². The zero-order chi connectivity index (χ0) is 14.5. The van der Waals surface area contributed by atoms with Crippen LogP contribution in [0.2, 0.25) is 0 Å². The van der Waals surface area contributed by atoms with Crippen LogP contribution in [0, 0.1) is 0 Å². The van der Waals surface area contributed by atoms with Crippen molar-refractivity contribution >= 4 is 0 Å². The van der Waals surface area contributed by atoms with Gasteiger partial charge in [-0.15, -0.1) is 0 Å². The Kier molecular flexibility index (Phi) is 3.25. The molecule has 2 aliphatic carbocycles. The second kappa shape index (κ2) is 4.59. The fourth-order valence-corrected chi connectivity index (χ4v) is 4.07. The molecule has 110 valence electrons. The quantitative estimate of drug-likeness (QED) is 0.676. The van der Waals surface area contributed by atoms with Crippen LogP contribution < -0.4 is 5.73 Å². The van der Waals surface area contributed by atoms with E-state index in [4.69, 9.17) is 5.73 Å². The molecule has 0 fully saturated rings. The first-order valence-corrected chi connectivity index (χ1v) is 8.25. The van der Waals surface area contributed by atoms with Gasteiger partial charge in [0.1, 0.15) is 0 Å². The maximum absolute atomic E-state index is 6.44. The minimum Gasteiger partial charge on any atom is -0.324 e. The van der Waals surface area contributed by atoms with Gasteiger partial charge in [-0.1, -0.05) is 46.2 Å². The number of rotatable bonds is 0. The highest BCUT2D eigenvalue weighted by molar-refractivity contribution is 5.48. The van der Waals surface area contributed by atoms with Gasteiger partial charge in [-0.05, 0) is 65.2 Å². The minimum absolute atomic E-state index is 0.249. The summed E-state index contributed by atoms with van der Waals surface area (Å²) in [6.07, 6.45) is 7.50. The Labute approximate surface area is 124 Å². The number of fused-ring (bicyclic) bond motifs is 2. The summed E-state index contributed by atoms with van der Waals surface area (Å²) in [7, 11) is 0. The molecular formula is C19H29N. The van der Waals surface area contributed by atoms with E-state index in [0.717, 1.165) is 6.42 Å². The molecule has 1 atom stereocenters. The molecule has 1 unspecified atom stereocenters. The van der Waals surface area contributed by atoms with Crippen LogP contribution in [0.25, 0.3) is 0 Å². The molecule has 1 heteroatoms. The van der Waals surface area contributed by atoms with Crippen LogP contribution in [-0.2, 0) is 17.3 Å². The largest absolute Gasteiger partial charge is 0.324 e. The van der Waals surface area contributed by atoms with Gasteiger partial charge in [0.05, 0.1) is 0 Å². The molecule has 1 aromatic carbocycles. The Bertz CT molecular complexity index is 525. The Morgan fingerprint density at radius 1 is 0.950 bits per heavy atom. The van der Waals surface area contributed by atoms with Crippen molar-refractivity contribution in [3.8, 4) is 0 Å². The zero-order valence-electron chi connectivity index (χ0n) is 13.6. The van der Waals surface area contributed by atoms with Crippen LogP contribution in [0.4, 0.5) is 0 Å². The predicted octanol–water partition coefficient (Wildman–Crippen LogP) is 4.76. The summed E-state index contributed by atoms with van der Waals surface area (Å²) in [4.78, 5) is 0.